The summed E-state index contributed by atoms with van der Waals surface area (Å²) in [6.45, 7) is 1.06. The summed E-state index contributed by atoms with van der Waals surface area (Å²) >= 11 is 0. The molecule has 6 nitrogen and oxygen atoms in total. The van der Waals surface area contributed by atoms with Crippen molar-refractivity contribution in [3.05, 3.63) is 53.3 Å². The number of phenols is 1. The molecule has 2 aromatic rings. The van der Waals surface area contributed by atoms with Crippen molar-refractivity contribution in [1.82, 2.24) is 10.6 Å². The van der Waals surface area contributed by atoms with E-state index in [4.69, 9.17) is 9.47 Å². The molecule has 0 fully saturated rings. The summed E-state index contributed by atoms with van der Waals surface area (Å²) < 4.78 is 23.9. The van der Waals surface area contributed by atoms with E-state index in [1.54, 1.807) is 27.3 Å². The largest absolute Gasteiger partial charge is 0.505 e. The number of aliphatic imine (C=N–C) groups is 1. The number of nitrogens with zero attached hydrogens (tertiary/aromatic N) is 1. The van der Waals surface area contributed by atoms with Crippen LogP contribution in [-0.2, 0) is 13.0 Å². The first-order valence-electron chi connectivity index (χ1n) is 8.20. The Morgan fingerprint density at radius 2 is 1.74 bits per heavy atom. The number of ether oxygens (including phenoxy) is 2. The smallest absolute Gasteiger partial charge is 0.191 e. The molecule has 0 saturated heterocycles. The van der Waals surface area contributed by atoms with Gasteiger partial charge in [-0.2, -0.15) is 0 Å². The fourth-order valence-electron chi connectivity index (χ4n) is 2.43. The van der Waals surface area contributed by atoms with E-state index in [1.165, 1.54) is 12.1 Å². The highest BCUT2D eigenvalue weighted by Gasteiger charge is 2.06. The average Bonchev–Trinajstić information content (AvgIpc) is 2.66. The molecule has 2 aromatic carbocycles. The van der Waals surface area contributed by atoms with Crippen LogP contribution in [0.1, 0.15) is 11.1 Å². The van der Waals surface area contributed by atoms with Crippen molar-refractivity contribution < 1.29 is 19.0 Å². The van der Waals surface area contributed by atoms with Gasteiger partial charge in [0.15, 0.2) is 29.0 Å². The Hall–Kier alpha value is -2.23. The molecular formula is C19H25FIN3O3. The number of hydrogen-bond acceptors (Lipinski definition) is 4. The predicted octanol–water partition coefficient (Wildman–Crippen LogP) is 3.07. The summed E-state index contributed by atoms with van der Waals surface area (Å²) in [6.07, 6.45) is 0.773. The van der Waals surface area contributed by atoms with Crippen LogP contribution in [0.4, 0.5) is 4.39 Å². The second-order valence-electron chi connectivity index (χ2n) is 5.58. The Morgan fingerprint density at radius 3 is 2.37 bits per heavy atom. The highest BCUT2D eigenvalue weighted by Crippen LogP contribution is 2.27. The van der Waals surface area contributed by atoms with E-state index in [2.05, 4.69) is 15.6 Å². The van der Waals surface area contributed by atoms with E-state index in [1.807, 2.05) is 18.2 Å². The Bertz CT molecular complexity index is 772. The van der Waals surface area contributed by atoms with Gasteiger partial charge >= 0.3 is 0 Å². The molecule has 0 aliphatic carbocycles. The molecule has 0 bridgehead atoms. The van der Waals surface area contributed by atoms with Gasteiger partial charge in [0.25, 0.3) is 0 Å². The third-order valence-electron chi connectivity index (χ3n) is 3.85. The molecule has 0 amide bonds. The van der Waals surface area contributed by atoms with Crippen LogP contribution in [0.15, 0.2) is 41.4 Å². The van der Waals surface area contributed by atoms with Crippen LogP contribution in [0, 0.1) is 5.82 Å². The highest BCUT2D eigenvalue weighted by atomic mass is 127. The molecule has 0 aromatic heterocycles. The minimum atomic E-state index is -0.638. The number of hydrogen-bond donors (Lipinski definition) is 3. The second-order valence-corrected chi connectivity index (χ2v) is 5.58. The van der Waals surface area contributed by atoms with Crippen LogP contribution in [0.5, 0.6) is 17.2 Å². The molecular weight excluding hydrogens is 464 g/mol. The number of nitrogens with one attached hydrogen (secondary N) is 2. The van der Waals surface area contributed by atoms with Gasteiger partial charge in [0.1, 0.15) is 0 Å². The summed E-state index contributed by atoms with van der Waals surface area (Å²) in [4.78, 5) is 4.14. The number of guanidine groups is 1. The molecule has 0 aliphatic heterocycles. The molecule has 0 atom stereocenters. The Morgan fingerprint density at radius 1 is 1.04 bits per heavy atom. The summed E-state index contributed by atoms with van der Waals surface area (Å²) in [5.74, 6) is 1.01. The normalized spacial score (nSPS) is 10.7. The van der Waals surface area contributed by atoms with Crippen LogP contribution in [0.25, 0.3) is 0 Å². The molecule has 0 saturated carbocycles. The first-order chi connectivity index (χ1) is 12.6. The van der Waals surface area contributed by atoms with Gasteiger partial charge in [0.05, 0.1) is 14.2 Å². The number of methoxy groups -OCH3 is 2. The summed E-state index contributed by atoms with van der Waals surface area (Å²) in [7, 11) is 4.88. The average molecular weight is 489 g/mol. The molecule has 3 N–H and O–H groups in total. The first kappa shape index (κ1) is 22.8. The van der Waals surface area contributed by atoms with Crippen LogP contribution in [0.2, 0.25) is 0 Å². The maximum absolute atomic E-state index is 13.3. The molecule has 0 unspecified atom stereocenters. The molecule has 148 valence electrons. The van der Waals surface area contributed by atoms with Crippen molar-refractivity contribution >= 4 is 29.9 Å². The third-order valence-corrected chi connectivity index (χ3v) is 3.85. The molecule has 0 spiro atoms. The lowest BCUT2D eigenvalue weighted by Crippen LogP contribution is -2.37. The first-order valence-corrected chi connectivity index (χ1v) is 8.20. The number of rotatable bonds is 7. The van der Waals surface area contributed by atoms with Gasteiger partial charge in [0, 0.05) is 20.1 Å². The van der Waals surface area contributed by atoms with Crippen molar-refractivity contribution in [2.75, 3.05) is 27.8 Å². The lowest BCUT2D eigenvalue weighted by molar-refractivity contribution is 0.354. The fraction of sp³-hybridized carbons (Fsp3) is 0.316. The predicted molar refractivity (Wildman–Crippen MR) is 115 cm³/mol. The van der Waals surface area contributed by atoms with E-state index < -0.39 is 5.82 Å². The Balaban J connectivity index is 0.00000364. The van der Waals surface area contributed by atoms with Crippen molar-refractivity contribution in [2.24, 2.45) is 4.99 Å². The summed E-state index contributed by atoms with van der Waals surface area (Å²) in [5, 5.41) is 15.5. The van der Waals surface area contributed by atoms with E-state index in [9.17, 15) is 9.50 Å². The molecule has 0 aliphatic rings. The SMILES string of the molecule is CN=C(NCCc1ccc(OC)c(OC)c1)NCc1ccc(O)c(F)c1.I. The monoisotopic (exact) mass is 489 g/mol. The van der Waals surface area contributed by atoms with Crippen LogP contribution in [0.3, 0.4) is 0 Å². The zero-order valence-corrected chi connectivity index (χ0v) is 17.9. The van der Waals surface area contributed by atoms with Gasteiger partial charge in [-0.3, -0.25) is 4.99 Å². The van der Waals surface area contributed by atoms with Gasteiger partial charge in [-0.05, 0) is 41.8 Å². The molecule has 0 heterocycles. The number of aromatic hydroxyl groups is 1. The van der Waals surface area contributed by atoms with E-state index in [0.29, 0.717) is 36.1 Å². The lowest BCUT2D eigenvalue weighted by atomic mass is 10.1. The lowest BCUT2D eigenvalue weighted by Gasteiger charge is -2.13. The van der Waals surface area contributed by atoms with E-state index >= 15 is 0 Å². The van der Waals surface area contributed by atoms with Crippen LogP contribution in [-0.4, -0.2) is 38.9 Å². The van der Waals surface area contributed by atoms with Crippen molar-refractivity contribution in [1.29, 1.82) is 0 Å². The second kappa shape index (κ2) is 11.5. The van der Waals surface area contributed by atoms with Crippen molar-refractivity contribution in [2.45, 2.75) is 13.0 Å². The van der Waals surface area contributed by atoms with Gasteiger partial charge in [-0.25, -0.2) is 4.39 Å². The zero-order valence-electron chi connectivity index (χ0n) is 15.6. The summed E-state index contributed by atoms with van der Waals surface area (Å²) in [6, 6.07) is 10.1. The topological polar surface area (TPSA) is 75.1 Å². The highest BCUT2D eigenvalue weighted by molar-refractivity contribution is 14.0. The zero-order chi connectivity index (χ0) is 18.9. The van der Waals surface area contributed by atoms with Gasteiger partial charge in [-0.1, -0.05) is 12.1 Å². The van der Waals surface area contributed by atoms with Crippen LogP contribution >= 0.6 is 24.0 Å². The Kier molecular flexibility index (Phi) is 9.70. The number of benzene rings is 2. The Labute approximate surface area is 175 Å². The third kappa shape index (κ3) is 6.78. The van der Waals surface area contributed by atoms with Crippen molar-refractivity contribution in [3.63, 3.8) is 0 Å². The quantitative estimate of drug-likeness (QED) is 0.317. The van der Waals surface area contributed by atoms with E-state index in [-0.39, 0.29) is 29.7 Å². The van der Waals surface area contributed by atoms with E-state index in [0.717, 1.165) is 12.0 Å². The maximum atomic E-state index is 13.3. The van der Waals surface area contributed by atoms with Crippen LogP contribution < -0.4 is 20.1 Å². The standard InChI is InChI=1S/C19H24FN3O3.HI/c1-21-19(23-12-14-4-6-16(24)15(20)10-14)22-9-8-13-5-7-17(25-2)18(11-13)26-3;/h4-7,10-11,24H,8-9,12H2,1-3H3,(H2,21,22,23);1H. The minimum absolute atomic E-state index is 0. The fourth-order valence-corrected chi connectivity index (χ4v) is 2.43. The molecule has 8 heteroatoms. The molecule has 2 rings (SSSR count). The van der Waals surface area contributed by atoms with Gasteiger partial charge in [0.2, 0.25) is 0 Å². The number of halogens is 2. The van der Waals surface area contributed by atoms with Gasteiger partial charge in [-0.15, -0.1) is 24.0 Å². The minimum Gasteiger partial charge on any atom is -0.505 e. The molecule has 0 radical (unpaired) electrons. The van der Waals surface area contributed by atoms with Gasteiger partial charge < -0.3 is 25.2 Å². The van der Waals surface area contributed by atoms with Crippen molar-refractivity contribution in [3.8, 4) is 17.2 Å². The maximum Gasteiger partial charge on any atom is 0.191 e. The molecule has 27 heavy (non-hydrogen) atoms. The number of phenolic OH excluding ortho intramolecular Hbond substituents is 1. The summed E-state index contributed by atoms with van der Waals surface area (Å²) in [5.41, 5.74) is 1.81.